The minimum atomic E-state index is -4.97. The van der Waals surface area contributed by atoms with Gasteiger partial charge in [-0.05, 0) is 24.1 Å². The lowest BCUT2D eigenvalue weighted by Crippen LogP contribution is -2.31. The number of aryl methyl sites for hydroxylation is 1. The van der Waals surface area contributed by atoms with Gasteiger partial charge in [0.15, 0.2) is 0 Å². The van der Waals surface area contributed by atoms with Crippen LogP contribution in [0.15, 0.2) is 48.5 Å². The number of alkyl halides is 3. The molecular formula is C18H17F3N2O2. The Morgan fingerprint density at radius 1 is 1.00 bits per heavy atom. The molecule has 0 saturated heterocycles. The number of para-hydroxylation sites is 1. The van der Waals surface area contributed by atoms with Crippen LogP contribution >= 0.6 is 0 Å². The van der Waals surface area contributed by atoms with E-state index in [1.165, 1.54) is 18.2 Å². The van der Waals surface area contributed by atoms with Crippen molar-refractivity contribution < 1.29 is 22.8 Å². The summed E-state index contributed by atoms with van der Waals surface area (Å²) in [7, 11) is 0. The first-order valence-electron chi connectivity index (χ1n) is 7.54. The number of nitrogens with one attached hydrogen (secondary N) is 2. The van der Waals surface area contributed by atoms with E-state index in [4.69, 9.17) is 0 Å². The van der Waals surface area contributed by atoms with Crippen LogP contribution in [0.3, 0.4) is 0 Å². The number of carbonyl (C=O) groups is 2. The summed E-state index contributed by atoms with van der Waals surface area (Å²) in [5, 5.41) is 4.46. The van der Waals surface area contributed by atoms with Crippen molar-refractivity contribution >= 4 is 17.5 Å². The third-order valence-electron chi connectivity index (χ3n) is 3.48. The van der Waals surface area contributed by atoms with Gasteiger partial charge in [0, 0.05) is 12.2 Å². The first kappa shape index (κ1) is 18.5. The van der Waals surface area contributed by atoms with Crippen molar-refractivity contribution in [2.24, 2.45) is 0 Å². The summed E-state index contributed by atoms with van der Waals surface area (Å²) < 4.78 is 37.1. The molecule has 25 heavy (non-hydrogen) atoms. The fourth-order valence-corrected chi connectivity index (χ4v) is 2.14. The number of hydrogen-bond donors (Lipinski definition) is 2. The van der Waals surface area contributed by atoms with Gasteiger partial charge in [-0.15, -0.1) is 0 Å². The predicted octanol–water partition coefficient (Wildman–Crippen LogP) is 3.35. The molecule has 0 bridgehead atoms. The number of amides is 2. The standard InChI is InChI=1S/C18H17F3N2O2/c1-12-6-8-13(9-7-12)10-16(24)22-11-14-4-2-3-5-15(14)23-17(25)18(19,20)21/h2-9H,10-11H2,1H3,(H,22,24)(H,23,25). The summed E-state index contributed by atoms with van der Waals surface area (Å²) in [5.41, 5.74) is 2.32. The Kier molecular flexibility index (Phi) is 5.80. The topological polar surface area (TPSA) is 58.2 Å². The lowest BCUT2D eigenvalue weighted by atomic mass is 10.1. The van der Waals surface area contributed by atoms with Crippen LogP contribution in [0.25, 0.3) is 0 Å². The summed E-state index contributed by atoms with van der Waals surface area (Å²) in [6.07, 6.45) is -4.81. The third kappa shape index (κ3) is 5.63. The normalized spacial score (nSPS) is 11.0. The van der Waals surface area contributed by atoms with Gasteiger partial charge in [-0.25, -0.2) is 0 Å². The van der Waals surface area contributed by atoms with Gasteiger partial charge in [-0.3, -0.25) is 9.59 Å². The smallest absolute Gasteiger partial charge is 0.352 e. The zero-order valence-electron chi connectivity index (χ0n) is 13.5. The quantitative estimate of drug-likeness (QED) is 0.869. The van der Waals surface area contributed by atoms with E-state index in [1.54, 1.807) is 6.07 Å². The highest BCUT2D eigenvalue weighted by Crippen LogP contribution is 2.21. The van der Waals surface area contributed by atoms with Gasteiger partial charge in [0.25, 0.3) is 0 Å². The molecule has 0 fully saturated rings. The lowest BCUT2D eigenvalue weighted by molar-refractivity contribution is -0.167. The highest BCUT2D eigenvalue weighted by atomic mass is 19.4. The molecule has 7 heteroatoms. The SMILES string of the molecule is Cc1ccc(CC(=O)NCc2ccccc2NC(=O)C(F)(F)F)cc1. The van der Waals surface area contributed by atoms with Crippen LogP contribution in [-0.4, -0.2) is 18.0 Å². The van der Waals surface area contributed by atoms with Crippen LogP contribution < -0.4 is 10.6 Å². The molecular weight excluding hydrogens is 333 g/mol. The fourth-order valence-electron chi connectivity index (χ4n) is 2.14. The minimum absolute atomic E-state index is 0.0129. The summed E-state index contributed by atoms with van der Waals surface area (Å²) >= 11 is 0. The maximum absolute atomic E-state index is 12.4. The summed E-state index contributed by atoms with van der Waals surface area (Å²) in [6.45, 7) is 1.95. The number of carbonyl (C=O) groups excluding carboxylic acids is 2. The number of benzene rings is 2. The van der Waals surface area contributed by atoms with E-state index in [1.807, 2.05) is 36.5 Å². The summed E-state index contributed by atoms with van der Waals surface area (Å²) in [6, 6.07) is 13.5. The molecule has 2 aromatic rings. The van der Waals surface area contributed by atoms with E-state index in [2.05, 4.69) is 5.32 Å². The van der Waals surface area contributed by atoms with Crippen LogP contribution in [0.1, 0.15) is 16.7 Å². The molecule has 2 amide bonds. The third-order valence-corrected chi connectivity index (χ3v) is 3.48. The van der Waals surface area contributed by atoms with E-state index in [-0.39, 0.29) is 24.6 Å². The molecule has 0 aromatic heterocycles. The van der Waals surface area contributed by atoms with Crippen molar-refractivity contribution in [3.05, 3.63) is 65.2 Å². The zero-order valence-corrected chi connectivity index (χ0v) is 13.5. The minimum Gasteiger partial charge on any atom is -0.352 e. The monoisotopic (exact) mass is 350 g/mol. The molecule has 0 unspecified atom stereocenters. The Labute approximate surface area is 143 Å². The Balaban J connectivity index is 1.97. The molecule has 0 aliphatic rings. The molecule has 4 nitrogen and oxygen atoms in total. The molecule has 0 aliphatic heterocycles. The van der Waals surface area contributed by atoms with Crippen molar-refractivity contribution in [2.45, 2.75) is 26.1 Å². The van der Waals surface area contributed by atoms with E-state index < -0.39 is 12.1 Å². The van der Waals surface area contributed by atoms with Crippen LogP contribution in [-0.2, 0) is 22.6 Å². The average Bonchev–Trinajstić information content (AvgIpc) is 2.55. The predicted molar refractivity (Wildman–Crippen MR) is 87.9 cm³/mol. The Bertz CT molecular complexity index is 756. The second-order valence-electron chi connectivity index (χ2n) is 5.55. The second-order valence-corrected chi connectivity index (χ2v) is 5.55. The lowest BCUT2D eigenvalue weighted by Gasteiger charge is -2.13. The number of anilines is 1. The Hall–Kier alpha value is -2.83. The van der Waals surface area contributed by atoms with Crippen LogP contribution in [0.5, 0.6) is 0 Å². The number of halogens is 3. The molecule has 0 spiro atoms. The highest BCUT2D eigenvalue weighted by molar-refractivity contribution is 5.95. The van der Waals surface area contributed by atoms with Crippen molar-refractivity contribution in [1.82, 2.24) is 5.32 Å². The van der Waals surface area contributed by atoms with Gasteiger partial charge in [0.2, 0.25) is 5.91 Å². The van der Waals surface area contributed by atoms with Crippen molar-refractivity contribution in [1.29, 1.82) is 0 Å². The number of hydrogen-bond acceptors (Lipinski definition) is 2. The van der Waals surface area contributed by atoms with Gasteiger partial charge in [-0.1, -0.05) is 48.0 Å². The maximum atomic E-state index is 12.4. The average molecular weight is 350 g/mol. The van der Waals surface area contributed by atoms with E-state index in [0.717, 1.165) is 11.1 Å². The van der Waals surface area contributed by atoms with Gasteiger partial charge >= 0.3 is 12.1 Å². The molecule has 2 rings (SSSR count). The Morgan fingerprint density at radius 3 is 2.28 bits per heavy atom. The molecule has 0 aliphatic carbocycles. The molecule has 132 valence electrons. The summed E-state index contributed by atoms with van der Waals surface area (Å²) in [4.78, 5) is 23.1. The highest BCUT2D eigenvalue weighted by Gasteiger charge is 2.38. The largest absolute Gasteiger partial charge is 0.471 e. The molecule has 0 saturated carbocycles. The first-order chi connectivity index (χ1) is 11.8. The van der Waals surface area contributed by atoms with Gasteiger partial charge in [0.1, 0.15) is 0 Å². The zero-order chi connectivity index (χ0) is 18.4. The van der Waals surface area contributed by atoms with Crippen LogP contribution in [0, 0.1) is 6.92 Å². The molecule has 0 heterocycles. The maximum Gasteiger partial charge on any atom is 0.471 e. The molecule has 2 N–H and O–H groups in total. The van der Waals surface area contributed by atoms with Gasteiger partial charge in [-0.2, -0.15) is 13.2 Å². The van der Waals surface area contributed by atoms with E-state index in [9.17, 15) is 22.8 Å². The van der Waals surface area contributed by atoms with E-state index in [0.29, 0.717) is 5.56 Å². The van der Waals surface area contributed by atoms with Gasteiger partial charge in [0.05, 0.1) is 6.42 Å². The molecule has 0 atom stereocenters. The fraction of sp³-hybridized carbons (Fsp3) is 0.222. The van der Waals surface area contributed by atoms with Crippen LogP contribution in [0.2, 0.25) is 0 Å². The van der Waals surface area contributed by atoms with Crippen molar-refractivity contribution in [2.75, 3.05) is 5.32 Å². The van der Waals surface area contributed by atoms with Crippen molar-refractivity contribution in [3.63, 3.8) is 0 Å². The summed E-state index contributed by atoms with van der Waals surface area (Å²) in [5.74, 6) is -2.31. The van der Waals surface area contributed by atoms with Gasteiger partial charge < -0.3 is 10.6 Å². The van der Waals surface area contributed by atoms with Crippen molar-refractivity contribution in [3.8, 4) is 0 Å². The second kappa shape index (κ2) is 7.83. The Morgan fingerprint density at radius 2 is 1.64 bits per heavy atom. The molecule has 0 radical (unpaired) electrons. The van der Waals surface area contributed by atoms with E-state index >= 15 is 0 Å². The van der Waals surface area contributed by atoms with Crippen LogP contribution in [0.4, 0.5) is 18.9 Å². The number of rotatable bonds is 5. The molecule has 2 aromatic carbocycles. The first-order valence-corrected chi connectivity index (χ1v) is 7.54.